The van der Waals surface area contributed by atoms with Crippen molar-refractivity contribution in [3.63, 3.8) is 0 Å². The van der Waals surface area contributed by atoms with Crippen LogP contribution in [0.15, 0.2) is 0 Å². The molecule has 5 nitrogen and oxygen atoms in total. The van der Waals surface area contributed by atoms with E-state index in [1.807, 2.05) is 6.92 Å². The van der Waals surface area contributed by atoms with Gasteiger partial charge in [-0.2, -0.15) is 0 Å². The van der Waals surface area contributed by atoms with Crippen molar-refractivity contribution in [1.29, 1.82) is 0 Å². The lowest BCUT2D eigenvalue weighted by Crippen LogP contribution is -2.44. The van der Waals surface area contributed by atoms with Crippen LogP contribution in [-0.2, 0) is 23.7 Å². The lowest BCUT2D eigenvalue weighted by atomic mass is 10.1. The van der Waals surface area contributed by atoms with Crippen LogP contribution < -0.4 is 0 Å². The Bertz CT molecular complexity index is 266. The number of hydrogen-bond acceptors (Lipinski definition) is 5. The van der Waals surface area contributed by atoms with Crippen LogP contribution in [0.5, 0.6) is 0 Å². The minimum atomic E-state index is -0.359. The van der Waals surface area contributed by atoms with E-state index in [4.69, 9.17) is 18.9 Å². The maximum atomic E-state index is 11.0. The summed E-state index contributed by atoms with van der Waals surface area (Å²) in [4.78, 5) is 11.0. The van der Waals surface area contributed by atoms with Gasteiger partial charge in [-0.3, -0.25) is 4.79 Å². The number of hydrogen-bond donors (Lipinski definition) is 0. The van der Waals surface area contributed by atoms with Gasteiger partial charge in [0.15, 0.2) is 12.4 Å². The van der Waals surface area contributed by atoms with Gasteiger partial charge in [0.25, 0.3) is 0 Å². The van der Waals surface area contributed by atoms with Gasteiger partial charge in [-0.15, -0.1) is 0 Å². The molecule has 0 aromatic rings. The lowest BCUT2D eigenvalue weighted by Gasteiger charge is -2.30. The molecular weight excluding hydrogens is 188 g/mol. The Morgan fingerprint density at radius 1 is 1.29 bits per heavy atom. The van der Waals surface area contributed by atoms with Crippen LogP contribution in [0.1, 0.15) is 13.3 Å². The fourth-order valence-electron chi connectivity index (χ4n) is 2.16. The van der Waals surface area contributed by atoms with Gasteiger partial charge < -0.3 is 18.9 Å². The highest BCUT2D eigenvalue weighted by Gasteiger charge is 2.54. The molecule has 3 fully saturated rings. The third-order valence-electron chi connectivity index (χ3n) is 2.79. The van der Waals surface area contributed by atoms with E-state index in [1.165, 1.54) is 0 Å². The van der Waals surface area contributed by atoms with Gasteiger partial charge >= 0.3 is 5.97 Å². The van der Waals surface area contributed by atoms with Crippen molar-refractivity contribution < 1.29 is 23.7 Å². The van der Waals surface area contributed by atoms with Crippen LogP contribution in [0.3, 0.4) is 0 Å². The van der Waals surface area contributed by atoms with E-state index in [9.17, 15) is 4.79 Å². The molecule has 0 radical (unpaired) electrons. The summed E-state index contributed by atoms with van der Waals surface area (Å²) < 4.78 is 21.8. The molecule has 0 bridgehead atoms. The highest BCUT2D eigenvalue weighted by Crippen LogP contribution is 2.36. The zero-order chi connectivity index (χ0) is 9.71. The number of carbonyl (C=O) groups excluding carboxylic acids is 1. The minimum Gasteiger partial charge on any atom is -0.456 e. The molecule has 5 heteroatoms. The average Bonchev–Trinajstić information content (AvgIpc) is 2.59. The Labute approximate surface area is 81.3 Å². The van der Waals surface area contributed by atoms with Crippen LogP contribution in [0.4, 0.5) is 0 Å². The van der Waals surface area contributed by atoms with Gasteiger partial charge in [0.2, 0.25) is 0 Å². The molecule has 0 aromatic heterocycles. The van der Waals surface area contributed by atoms with Crippen molar-refractivity contribution in [3.8, 4) is 0 Å². The standard InChI is InChI=1S/C9H12O5/c1-4-3-11-8-7-5(2-6(10)14-7)13-9(8)12-4/h4-5,7-9H,2-3H2,1H3. The summed E-state index contributed by atoms with van der Waals surface area (Å²) in [6.45, 7) is 2.46. The number of carbonyl (C=O) groups is 1. The molecule has 5 unspecified atom stereocenters. The Kier molecular flexibility index (Phi) is 1.80. The third kappa shape index (κ3) is 1.16. The predicted molar refractivity (Wildman–Crippen MR) is 43.4 cm³/mol. The zero-order valence-corrected chi connectivity index (χ0v) is 7.84. The van der Waals surface area contributed by atoms with Gasteiger partial charge in [0.05, 0.1) is 19.1 Å². The predicted octanol–water partition coefficient (Wildman–Crippen LogP) is -0.169. The summed E-state index contributed by atoms with van der Waals surface area (Å²) in [7, 11) is 0. The first-order chi connectivity index (χ1) is 6.74. The Morgan fingerprint density at radius 3 is 3.00 bits per heavy atom. The second kappa shape index (κ2) is 2.92. The van der Waals surface area contributed by atoms with Gasteiger partial charge in [0, 0.05) is 0 Å². The first-order valence-corrected chi connectivity index (χ1v) is 4.86. The SMILES string of the molecule is CC1COC2C(O1)OC1CC(=O)OC12. The van der Waals surface area contributed by atoms with Gasteiger partial charge in [-0.1, -0.05) is 0 Å². The van der Waals surface area contributed by atoms with E-state index in [0.29, 0.717) is 13.0 Å². The van der Waals surface area contributed by atoms with Crippen molar-refractivity contribution in [1.82, 2.24) is 0 Å². The van der Waals surface area contributed by atoms with Crippen molar-refractivity contribution in [3.05, 3.63) is 0 Å². The van der Waals surface area contributed by atoms with E-state index in [0.717, 1.165) is 0 Å². The molecule has 5 atom stereocenters. The quantitative estimate of drug-likeness (QED) is 0.508. The van der Waals surface area contributed by atoms with E-state index in [2.05, 4.69) is 0 Å². The normalized spacial score (nSPS) is 51.2. The van der Waals surface area contributed by atoms with E-state index < -0.39 is 0 Å². The summed E-state index contributed by atoms with van der Waals surface area (Å²) in [5, 5.41) is 0. The molecule has 3 heterocycles. The van der Waals surface area contributed by atoms with Crippen LogP contribution >= 0.6 is 0 Å². The highest BCUT2D eigenvalue weighted by atomic mass is 16.8. The molecule has 0 amide bonds. The average molecular weight is 200 g/mol. The topological polar surface area (TPSA) is 54.0 Å². The molecule has 78 valence electrons. The summed E-state index contributed by atoms with van der Waals surface area (Å²) in [5.41, 5.74) is 0. The number of ether oxygens (including phenoxy) is 4. The molecule has 3 aliphatic rings. The van der Waals surface area contributed by atoms with Gasteiger partial charge in [-0.05, 0) is 6.92 Å². The number of esters is 1. The summed E-state index contributed by atoms with van der Waals surface area (Å²) in [6, 6.07) is 0. The van der Waals surface area contributed by atoms with Crippen molar-refractivity contribution in [2.45, 2.75) is 44.1 Å². The molecule has 3 saturated heterocycles. The van der Waals surface area contributed by atoms with E-state index in [-0.39, 0.29) is 36.7 Å². The lowest BCUT2D eigenvalue weighted by molar-refractivity contribution is -0.250. The maximum Gasteiger partial charge on any atom is 0.309 e. The van der Waals surface area contributed by atoms with Gasteiger partial charge in [-0.25, -0.2) is 0 Å². The highest BCUT2D eigenvalue weighted by molar-refractivity contribution is 5.72. The Morgan fingerprint density at radius 2 is 2.14 bits per heavy atom. The number of fused-ring (bicyclic) bond motifs is 3. The molecule has 0 aliphatic carbocycles. The van der Waals surface area contributed by atoms with Crippen LogP contribution in [0.2, 0.25) is 0 Å². The first-order valence-electron chi connectivity index (χ1n) is 4.86. The zero-order valence-electron chi connectivity index (χ0n) is 7.84. The second-order valence-electron chi connectivity index (χ2n) is 3.95. The number of rotatable bonds is 0. The summed E-state index contributed by atoms with van der Waals surface area (Å²) >= 11 is 0. The van der Waals surface area contributed by atoms with Crippen molar-refractivity contribution >= 4 is 5.97 Å². The third-order valence-corrected chi connectivity index (χ3v) is 2.79. The largest absolute Gasteiger partial charge is 0.456 e. The molecular formula is C9H12O5. The monoisotopic (exact) mass is 200 g/mol. The molecule has 14 heavy (non-hydrogen) atoms. The summed E-state index contributed by atoms with van der Waals surface area (Å²) in [5.74, 6) is -0.208. The Balaban J connectivity index is 1.77. The van der Waals surface area contributed by atoms with Gasteiger partial charge in [0.1, 0.15) is 12.2 Å². The molecule has 3 rings (SSSR count). The Hall–Kier alpha value is -0.650. The summed E-state index contributed by atoms with van der Waals surface area (Å²) in [6.07, 6.45) is -0.670. The first kappa shape index (κ1) is 8.64. The fourth-order valence-corrected chi connectivity index (χ4v) is 2.16. The van der Waals surface area contributed by atoms with Crippen molar-refractivity contribution in [2.24, 2.45) is 0 Å². The smallest absolute Gasteiger partial charge is 0.309 e. The minimum absolute atomic E-state index is 0.0470. The molecule has 0 aromatic carbocycles. The molecule has 0 saturated carbocycles. The van der Waals surface area contributed by atoms with E-state index >= 15 is 0 Å². The van der Waals surface area contributed by atoms with Crippen LogP contribution in [0.25, 0.3) is 0 Å². The van der Waals surface area contributed by atoms with Crippen LogP contribution in [-0.4, -0.2) is 43.3 Å². The fraction of sp³-hybridized carbons (Fsp3) is 0.889. The van der Waals surface area contributed by atoms with Crippen molar-refractivity contribution in [2.75, 3.05) is 6.61 Å². The molecule has 0 spiro atoms. The molecule has 3 aliphatic heterocycles. The van der Waals surface area contributed by atoms with Crippen LogP contribution in [0, 0.1) is 0 Å². The van der Waals surface area contributed by atoms with E-state index in [1.54, 1.807) is 0 Å². The maximum absolute atomic E-state index is 11.0. The molecule has 0 N–H and O–H groups in total. The second-order valence-corrected chi connectivity index (χ2v) is 3.95.